The predicted octanol–water partition coefficient (Wildman–Crippen LogP) is 4.78. The maximum Gasteiger partial charge on any atom is 0.294 e. The van der Waals surface area contributed by atoms with E-state index < -0.39 is 17.7 Å². The number of aryl methyl sites for hydroxylation is 1. The number of nitrogens with one attached hydrogen (secondary N) is 1. The molecule has 1 unspecified atom stereocenters. The Balaban J connectivity index is 0.00000106. The topological polar surface area (TPSA) is 86.3 Å². The monoisotopic (exact) mass is 403 g/mol. The molecule has 0 saturated heterocycles. The van der Waals surface area contributed by atoms with Gasteiger partial charge in [0.05, 0.1) is 29.0 Å². The van der Waals surface area contributed by atoms with Gasteiger partial charge in [-0.2, -0.15) is 0 Å². The minimum atomic E-state index is -0.637. The van der Waals surface area contributed by atoms with E-state index in [0.29, 0.717) is 5.69 Å². The number of hydrogen-bond donors (Lipinski definition) is 2. The van der Waals surface area contributed by atoms with Crippen LogP contribution < -0.4 is 4.90 Å². The summed E-state index contributed by atoms with van der Waals surface area (Å²) in [6.07, 6.45) is 3.21. The number of aromatic amines is 1. The van der Waals surface area contributed by atoms with Crippen molar-refractivity contribution in [3.05, 3.63) is 71.3 Å². The fourth-order valence-corrected chi connectivity index (χ4v) is 3.83. The lowest BCUT2D eigenvalue weighted by Crippen LogP contribution is -2.31. The van der Waals surface area contributed by atoms with Crippen molar-refractivity contribution in [3.8, 4) is 0 Å². The molecule has 2 heterocycles. The Morgan fingerprint density at radius 2 is 1.83 bits per heavy atom. The Labute approximate surface area is 175 Å². The number of Topliss-reactive ketones (excluding diaryl/α,β-unsaturated/α-hetero) is 1. The van der Waals surface area contributed by atoms with Gasteiger partial charge in [-0.25, -0.2) is 4.98 Å². The van der Waals surface area contributed by atoms with E-state index in [1.165, 1.54) is 4.90 Å². The van der Waals surface area contributed by atoms with E-state index in [4.69, 9.17) is 0 Å². The van der Waals surface area contributed by atoms with Gasteiger partial charge in [0.2, 0.25) is 0 Å². The smallest absolute Gasteiger partial charge is 0.294 e. The second-order valence-corrected chi connectivity index (χ2v) is 7.49. The zero-order valence-corrected chi connectivity index (χ0v) is 17.3. The van der Waals surface area contributed by atoms with E-state index in [2.05, 4.69) is 9.97 Å². The molecule has 2 N–H and O–H groups in total. The Morgan fingerprint density at radius 1 is 1.13 bits per heavy atom. The minimum absolute atomic E-state index is 0.0899. The van der Waals surface area contributed by atoms with Gasteiger partial charge in [-0.15, -0.1) is 0 Å². The highest BCUT2D eigenvalue weighted by Gasteiger charge is 2.47. The number of hydrogen-bond acceptors (Lipinski definition) is 4. The highest BCUT2D eigenvalue weighted by atomic mass is 16.3. The first-order chi connectivity index (χ1) is 14.5. The van der Waals surface area contributed by atoms with Crippen LogP contribution in [0.5, 0.6) is 0 Å². The number of H-pyrrole nitrogens is 1. The third-order valence-electron chi connectivity index (χ3n) is 5.50. The first-order valence-corrected chi connectivity index (χ1v) is 10.3. The number of aliphatic hydroxyl groups excluding tert-OH is 1. The number of nitrogens with zero attached hydrogens (tertiary/aromatic N) is 2. The van der Waals surface area contributed by atoms with Crippen LogP contribution in [-0.2, 0) is 9.59 Å². The molecule has 1 aromatic heterocycles. The average molecular weight is 403 g/mol. The molecule has 0 spiro atoms. The van der Waals surface area contributed by atoms with Crippen LogP contribution in [0.4, 0.5) is 5.69 Å². The number of ketones is 1. The van der Waals surface area contributed by atoms with Gasteiger partial charge in [0.25, 0.3) is 5.91 Å². The lowest BCUT2D eigenvalue weighted by atomic mass is 9.93. The molecule has 1 fully saturated rings. The third-order valence-corrected chi connectivity index (χ3v) is 5.50. The number of amides is 1. The van der Waals surface area contributed by atoms with Crippen LogP contribution in [0.1, 0.15) is 43.9 Å². The number of aliphatic hydroxyl groups is 1. The standard InChI is InChI=1S/C22H19N3O3.C2H6/c1-12-2-4-13(5-3-12)19-18(20(26)14-6-7-14)21(27)22(28)25(19)15-8-9-16-17(10-15)24-11-23-16;1-2/h2-5,8-11,14,19,27H,6-7H2,1H3,(H,23,24);1-2H3. The van der Waals surface area contributed by atoms with Gasteiger partial charge >= 0.3 is 0 Å². The average Bonchev–Trinajstić information content (AvgIpc) is 3.46. The number of fused-ring (bicyclic) bond motifs is 1. The molecule has 6 heteroatoms. The summed E-state index contributed by atoms with van der Waals surface area (Å²) in [5.41, 5.74) is 4.28. The van der Waals surface area contributed by atoms with Crippen LogP contribution in [0.25, 0.3) is 11.0 Å². The molecule has 1 saturated carbocycles. The summed E-state index contributed by atoms with van der Waals surface area (Å²) >= 11 is 0. The van der Waals surface area contributed by atoms with E-state index >= 15 is 0 Å². The van der Waals surface area contributed by atoms with Crippen molar-refractivity contribution in [2.75, 3.05) is 4.90 Å². The van der Waals surface area contributed by atoms with Gasteiger partial charge in [0, 0.05) is 11.6 Å². The largest absolute Gasteiger partial charge is 0.503 e. The number of imidazole rings is 1. The number of aromatic nitrogens is 2. The van der Waals surface area contributed by atoms with Crippen LogP contribution in [0, 0.1) is 12.8 Å². The van der Waals surface area contributed by atoms with Gasteiger partial charge in [-0.3, -0.25) is 14.5 Å². The molecule has 1 aliphatic heterocycles. The lowest BCUT2D eigenvalue weighted by Gasteiger charge is -2.27. The van der Waals surface area contributed by atoms with Gasteiger partial charge in [-0.05, 0) is 43.5 Å². The van der Waals surface area contributed by atoms with Crippen LogP contribution in [-0.4, -0.2) is 26.8 Å². The van der Waals surface area contributed by atoms with Gasteiger partial charge in [0.1, 0.15) is 0 Å². The van der Waals surface area contributed by atoms with Crippen molar-refractivity contribution in [1.82, 2.24) is 9.97 Å². The first kappa shape index (κ1) is 19.9. The maximum atomic E-state index is 13.0. The summed E-state index contributed by atoms with van der Waals surface area (Å²) in [4.78, 5) is 34.7. The number of anilines is 1. The summed E-state index contributed by atoms with van der Waals surface area (Å²) in [5.74, 6) is -1.20. The molecule has 0 bridgehead atoms. The van der Waals surface area contributed by atoms with Crippen LogP contribution in [0.15, 0.2) is 60.1 Å². The summed E-state index contributed by atoms with van der Waals surface area (Å²) in [6.45, 7) is 5.98. The van der Waals surface area contributed by atoms with E-state index in [1.54, 1.807) is 12.4 Å². The molecule has 1 amide bonds. The SMILES string of the molecule is CC.Cc1ccc(C2C(C(=O)C3CC3)=C(O)C(=O)N2c2ccc3nc[nH]c3c2)cc1. The van der Waals surface area contributed by atoms with Crippen molar-refractivity contribution in [2.24, 2.45) is 5.92 Å². The fraction of sp³-hybridized carbons (Fsp3) is 0.292. The Morgan fingerprint density at radius 3 is 2.50 bits per heavy atom. The zero-order valence-electron chi connectivity index (χ0n) is 17.3. The summed E-state index contributed by atoms with van der Waals surface area (Å²) < 4.78 is 0. The molecule has 1 aliphatic carbocycles. The molecule has 3 aromatic rings. The quantitative estimate of drug-likeness (QED) is 0.657. The van der Waals surface area contributed by atoms with Crippen LogP contribution >= 0.6 is 0 Å². The zero-order chi connectivity index (χ0) is 21.4. The summed E-state index contributed by atoms with van der Waals surface area (Å²) in [7, 11) is 0. The number of carbonyl (C=O) groups is 2. The highest BCUT2D eigenvalue weighted by Crippen LogP contribution is 2.45. The molecular weight excluding hydrogens is 378 g/mol. The van der Waals surface area contributed by atoms with Crippen molar-refractivity contribution in [3.63, 3.8) is 0 Å². The molecule has 154 valence electrons. The molecule has 0 radical (unpaired) electrons. The Hall–Kier alpha value is -3.41. The molecule has 30 heavy (non-hydrogen) atoms. The second-order valence-electron chi connectivity index (χ2n) is 7.49. The van der Waals surface area contributed by atoms with E-state index in [0.717, 1.165) is 35.0 Å². The van der Waals surface area contributed by atoms with E-state index in [9.17, 15) is 14.7 Å². The lowest BCUT2D eigenvalue weighted by molar-refractivity contribution is -0.118. The van der Waals surface area contributed by atoms with Crippen molar-refractivity contribution in [2.45, 2.75) is 39.7 Å². The molecule has 6 nitrogen and oxygen atoms in total. The maximum absolute atomic E-state index is 13.0. The number of benzene rings is 2. The van der Waals surface area contributed by atoms with Gasteiger partial charge < -0.3 is 10.1 Å². The summed E-state index contributed by atoms with van der Waals surface area (Å²) in [5, 5.41) is 10.6. The van der Waals surface area contributed by atoms with E-state index in [-0.39, 0.29) is 17.3 Å². The highest BCUT2D eigenvalue weighted by molar-refractivity contribution is 6.17. The third kappa shape index (κ3) is 3.28. The van der Waals surface area contributed by atoms with Gasteiger partial charge in [-0.1, -0.05) is 43.7 Å². The predicted molar refractivity (Wildman–Crippen MR) is 116 cm³/mol. The fourth-order valence-electron chi connectivity index (χ4n) is 3.83. The van der Waals surface area contributed by atoms with E-state index in [1.807, 2.05) is 57.2 Å². The first-order valence-electron chi connectivity index (χ1n) is 10.3. The Bertz CT molecular complexity index is 1140. The number of carbonyl (C=O) groups excluding carboxylic acids is 2. The minimum Gasteiger partial charge on any atom is -0.503 e. The molecule has 1 atom stereocenters. The summed E-state index contributed by atoms with van der Waals surface area (Å²) in [6, 6.07) is 12.5. The van der Waals surface area contributed by atoms with Gasteiger partial charge in [0.15, 0.2) is 11.5 Å². The second kappa shape index (κ2) is 7.78. The molecule has 5 rings (SSSR count). The van der Waals surface area contributed by atoms with Crippen LogP contribution in [0.3, 0.4) is 0 Å². The van der Waals surface area contributed by atoms with Crippen LogP contribution in [0.2, 0.25) is 0 Å². The van der Waals surface area contributed by atoms with Crippen molar-refractivity contribution >= 4 is 28.4 Å². The van der Waals surface area contributed by atoms with Crippen molar-refractivity contribution in [1.29, 1.82) is 0 Å². The number of rotatable bonds is 4. The molecular formula is C24H25N3O3. The Kier molecular flexibility index (Phi) is 5.16. The normalized spacial score (nSPS) is 18.6. The van der Waals surface area contributed by atoms with Crippen molar-refractivity contribution < 1.29 is 14.7 Å². The molecule has 2 aliphatic rings. The molecule has 2 aromatic carbocycles.